The van der Waals surface area contributed by atoms with Crippen LogP contribution in [-0.2, 0) is 11.2 Å². The molecule has 1 aromatic carbocycles. The molecule has 0 aromatic heterocycles. The van der Waals surface area contributed by atoms with Crippen LogP contribution < -0.4 is 10.1 Å². The number of carboxylic acids is 1. The number of aliphatic hydroxyl groups excluding tert-OH is 1. The van der Waals surface area contributed by atoms with Crippen molar-refractivity contribution in [2.24, 2.45) is 0 Å². The monoisotopic (exact) mass is 281 g/mol. The predicted molar refractivity (Wildman–Crippen MR) is 77.1 cm³/mol. The SMILES string of the molecule is CNC(C)(CCCOc1ccccc1CCO)C(=O)O. The summed E-state index contributed by atoms with van der Waals surface area (Å²) in [5, 5.41) is 20.9. The van der Waals surface area contributed by atoms with Gasteiger partial charge in [-0.25, -0.2) is 0 Å². The average Bonchev–Trinajstić information content (AvgIpc) is 2.45. The normalized spacial score (nSPS) is 13.8. The van der Waals surface area contributed by atoms with Crippen LogP contribution in [0.3, 0.4) is 0 Å². The molecule has 0 radical (unpaired) electrons. The number of benzene rings is 1. The van der Waals surface area contributed by atoms with Gasteiger partial charge in [-0.15, -0.1) is 0 Å². The summed E-state index contributed by atoms with van der Waals surface area (Å²) in [5.74, 6) is -0.108. The highest BCUT2D eigenvalue weighted by Crippen LogP contribution is 2.19. The highest BCUT2D eigenvalue weighted by Gasteiger charge is 2.30. The molecule has 0 aliphatic carbocycles. The summed E-state index contributed by atoms with van der Waals surface area (Å²) in [4.78, 5) is 11.1. The Hall–Kier alpha value is -1.59. The molecule has 0 aliphatic heterocycles. The topological polar surface area (TPSA) is 78.8 Å². The molecule has 1 atom stereocenters. The Morgan fingerprint density at radius 1 is 1.40 bits per heavy atom. The fraction of sp³-hybridized carbons (Fsp3) is 0.533. The summed E-state index contributed by atoms with van der Waals surface area (Å²) in [7, 11) is 1.64. The van der Waals surface area contributed by atoms with E-state index in [1.165, 1.54) is 0 Å². The summed E-state index contributed by atoms with van der Waals surface area (Å²) in [5.41, 5.74) is 0.0400. The van der Waals surface area contributed by atoms with Crippen LogP contribution in [0.25, 0.3) is 0 Å². The number of hydrogen-bond donors (Lipinski definition) is 3. The molecule has 20 heavy (non-hydrogen) atoms. The number of aliphatic carboxylic acids is 1. The lowest BCUT2D eigenvalue weighted by molar-refractivity contribution is -0.144. The Kier molecular flexibility index (Phi) is 6.48. The van der Waals surface area contributed by atoms with E-state index < -0.39 is 11.5 Å². The molecule has 5 nitrogen and oxygen atoms in total. The van der Waals surface area contributed by atoms with Crippen molar-refractivity contribution >= 4 is 5.97 Å². The number of ether oxygens (including phenoxy) is 1. The molecule has 1 unspecified atom stereocenters. The number of carboxylic acid groups (broad SMARTS) is 1. The predicted octanol–water partition coefficient (Wildman–Crippen LogP) is 1.44. The van der Waals surface area contributed by atoms with E-state index in [1.54, 1.807) is 14.0 Å². The number of aliphatic hydroxyl groups is 1. The maximum absolute atomic E-state index is 11.1. The number of hydrogen-bond acceptors (Lipinski definition) is 4. The summed E-state index contributed by atoms with van der Waals surface area (Å²) in [6.07, 6.45) is 1.68. The third-order valence-electron chi connectivity index (χ3n) is 3.46. The van der Waals surface area contributed by atoms with E-state index in [9.17, 15) is 4.79 Å². The highest BCUT2D eigenvalue weighted by atomic mass is 16.5. The van der Waals surface area contributed by atoms with E-state index in [0.717, 1.165) is 11.3 Å². The summed E-state index contributed by atoms with van der Waals surface area (Å²) < 4.78 is 5.68. The van der Waals surface area contributed by atoms with Crippen molar-refractivity contribution in [3.05, 3.63) is 29.8 Å². The second kappa shape index (κ2) is 7.87. The van der Waals surface area contributed by atoms with Crippen molar-refractivity contribution in [1.29, 1.82) is 0 Å². The number of likely N-dealkylation sites (N-methyl/N-ethyl adjacent to an activating group) is 1. The Morgan fingerprint density at radius 3 is 2.70 bits per heavy atom. The maximum Gasteiger partial charge on any atom is 0.323 e. The van der Waals surface area contributed by atoms with Gasteiger partial charge in [0.05, 0.1) is 6.61 Å². The number of nitrogens with one attached hydrogen (secondary N) is 1. The molecular formula is C15H23NO4. The van der Waals surface area contributed by atoms with Crippen molar-refractivity contribution in [2.45, 2.75) is 31.7 Å². The summed E-state index contributed by atoms with van der Waals surface area (Å²) >= 11 is 0. The summed E-state index contributed by atoms with van der Waals surface area (Å²) in [6, 6.07) is 7.56. The van der Waals surface area contributed by atoms with E-state index >= 15 is 0 Å². The van der Waals surface area contributed by atoms with Crippen LogP contribution in [0.5, 0.6) is 5.75 Å². The van der Waals surface area contributed by atoms with Crippen molar-refractivity contribution in [3.63, 3.8) is 0 Å². The van der Waals surface area contributed by atoms with E-state index in [-0.39, 0.29) is 6.61 Å². The van der Waals surface area contributed by atoms with Gasteiger partial charge < -0.3 is 20.3 Å². The van der Waals surface area contributed by atoms with Crippen molar-refractivity contribution < 1.29 is 19.7 Å². The van der Waals surface area contributed by atoms with Gasteiger partial charge in [-0.05, 0) is 44.9 Å². The first-order valence-corrected chi connectivity index (χ1v) is 6.77. The van der Waals surface area contributed by atoms with E-state index in [0.29, 0.717) is 25.9 Å². The fourth-order valence-corrected chi connectivity index (χ4v) is 1.92. The van der Waals surface area contributed by atoms with Gasteiger partial charge in [0.15, 0.2) is 0 Å². The number of para-hydroxylation sites is 1. The third kappa shape index (κ3) is 4.51. The molecule has 5 heteroatoms. The van der Waals surface area contributed by atoms with Crippen LogP contribution in [-0.4, -0.2) is 42.0 Å². The van der Waals surface area contributed by atoms with Gasteiger partial charge in [-0.2, -0.15) is 0 Å². The first-order valence-electron chi connectivity index (χ1n) is 6.77. The van der Waals surface area contributed by atoms with Crippen molar-refractivity contribution in [2.75, 3.05) is 20.3 Å². The third-order valence-corrected chi connectivity index (χ3v) is 3.46. The molecule has 0 fully saturated rings. The fourth-order valence-electron chi connectivity index (χ4n) is 1.92. The minimum Gasteiger partial charge on any atom is -0.493 e. The molecule has 3 N–H and O–H groups in total. The van der Waals surface area contributed by atoms with Crippen molar-refractivity contribution in [3.8, 4) is 5.75 Å². The zero-order chi connectivity index (χ0) is 15.0. The van der Waals surface area contributed by atoms with Crippen LogP contribution in [0.2, 0.25) is 0 Å². The Labute approximate surface area is 119 Å². The second-order valence-corrected chi connectivity index (χ2v) is 4.92. The van der Waals surface area contributed by atoms with Crippen molar-refractivity contribution in [1.82, 2.24) is 5.32 Å². The van der Waals surface area contributed by atoms with Gasteiger partial charge in [-0.3, -0.25) is 4.79 Å². The molecule has 0 amide bonds. The van der Waals surface area contributed by atoms with Gasteiger partial charge in [0.1, 0.15) is 11.3 Å². The Balaban J connectivity index is 2.47. The standard InChI is InChI=1S/C15H23NO4/c1-15(16-2,14(18)19)9-5-11-20-13-7-4-3-6-12(13)8-10-17/h3-4,6-7,16-17H,5,8-11H2,1-2H3,(H,18,19). The molecule has 0 heterocycles. The largest absolute Gasteiger partial charge is 0.493 e. The molecule has 0 spiro atoms. The van der Waals surface area contributed by atoms with Crippen LogP contribution in [0.4, 0.5) is 0 Å². The minimum atomic E-state index is -0.923. The molecular weight excluding hydrogens is 258 g/mol. The second-order valence-electron chi connectivity index (χ2n) is 4.92. The van der Waals surface area contributed by atoms with Crippen LogP contribution in [0.1, 0.15) is 25.3 Å². The lowest BCUT2D eigenvalue weighted by atomic mass is 9.96. The van der Waals surface area contributed by atoms with Gasteiger partial charge in [0.25, 0.3) is 0 Å². The van der Waals surface area contributed by atoms with E-state index in [4.69, 9.17) is 14.9 Å². The molecule has 0 saturated carbocycles. The zero-order valence-electron chi connectivity index (χ0n) is 12.1. The quantitative estimate of drug-likeness (QED) is 0.597. The summed E-state index contributed by atoms with van der Waals surface area (Å²) in [6.45, 7) is 2.19. The average molecular weight is 281 g/mol. The molecule has 0 saturated heterocycles. The molecule has 0 aliphatic rings. The number of rotatable bonds is 9. The van der Waals surface area contributed by atoms with Crippen LogP contribution in [0.15, 0.2) is 24.3 Å². The molecule has 1 aromatic rings. The first kappa shape index (κ1) is 16.5. The van der Waals surface area contributed by atoms with Crippen LogP contribution >= 0.6 is 0 Å². The molecule has 1 rings (SSSR count). The lowest BCUT2D eigenvalue weighted by Crippen LogP contribution is -2.47. The number of carbonyl (C=O) groups is 1. The van der Waals surface area contributed by atoms with E-state index in [2.05, 4.69) is 5.32 Å². The highest BCUT2D eigenvalue weighted by molar-refractivity contribution is 5.78. The lowest BCUT2D eigenvalue weighted by Gasteiger charge is -2.24. The Morgan fingerprint density at radius 2 is 2.10 bits per heavy atom. The van der Waals surface area contributed by atoms with Gasteiger partial charge >= 0.3 is 5.97 Å². The zero-order valence-corrected chi connectivity index (χ0v) is 12.1. The van der Waals surface area contributed by atoms with Gasteiger partial charge in [0, 0.05) is 6.61 Å². The molecule has 0 bridgehead atoms. The minimum absolute atomic E-state index is 0.0806. The molecule has 112 valence electrons. The smallest absolute Gasteiger partial charge is 0.323 e. The van der Waals surface area contributed by atoms with E-state index in [1.807, 2.05) is 24.3 Å². The van der Waals surface area contributed by atoms with Gasteiger partial charge in [-0.1, -0.05) is 18.2 Å². The Bertz CT molecular complexity index is 436. The maximum atomic E-state index is 11.1. The van der Waals surface area contributed by atoms with Crippen LogP contribution in [0, 0.1) is 0 Å². The first-order chi connectivity index (χ1) is 9.53. The van der Waals surface area contributed by atoms with Gasteiger partial charge in [0.2, 0.25) is 0 Å².